The molecule has 0 spiro atoms. The molecule has 15 nitrogen and oxygen atoms in total. The summed E-state index contributed by atoms with van der Waals surface area (Å²) in [5.74, 6) is -0.514. The van der Waals surface area contributed by atoms with Gasteiger partial charge in [0.05, 0.1) is 30.7 Å². The molecule has 1 aromatic rings. The van der Waals surface area contributed by atoms with E-state index in [4.69, 9.17) is 28.1 Å². The van der Waals surface area contributed by atoms with Gasteiger partial charge in [0.15, 0.2) is 12.6 Å². The van der Waals surface area contributed by atoms with E-state index < -0.39 is 108 Å². The molecule has 2 aliphatic heterocycles. The zero-order valence-corrected chi connectivity index (χ0v) is 30.5. The molecule has 7 rings (SSSR count). The number of carbonyl (C=O) groups excluding carboxylic acids is 1. The molecular weight excluding hydrogens is 696 g/mol. The number of hydrogen-bond acceptors (Lipinski definition) is 15. The summed E-state index contributed by atoms with van der Waals surface area (Å²) in [7, 11) is 0. The van der Waals surface area contributed by atoms with Crippen LogP contribution in [0.4, 0.5) is 0 Å². The lowest BCUT2D eigenvalue weighted by Gasteiger charge is -2.63. The van der Waals surface area contributed by atoms with Crippen molar-refractivity contribution in [1.29, 1.82) is 0 Å². The minimum atomic E-state index is -1.71. The Bertz CT molecular complexity index is 1580. The highest BCUT2D eigenvalue weighted by Gasteiger charge is 2.68. The van der Waals surface area contributed by atoms with Gasteiger partial charge in [-0.25, -0.2) is 4.79 Å². The van der Waals surface area contributed by atoms with E-state index in [1.165, 1.54) is 19.3 Å². The van der Waals surface area contributed by atoms with Crippen LogP contribution in [0.1, 0.15) is 84.1 Å². The van der Waals surface area contributed by atoms with E-state index in [0.717, 1.165) is 30.4 Å². The fraction of sp³-hybridized carbons (Fsp3) is 0.789. The van der Waals surface area contributed by atoms with Crippen LogP contribution in [0.2, 0.25) is 0 Å². The number of aliphatic hydroxyl groups is 7. The Kier molecular flexibility index (Phi) is 10.5. The van der Waals surface area contributed by atoms with Gasteiger partial charge < -0.3 is 63.8 Å². The maximum Gasteiger partial charge on any atom is 0.335 e. The van der Waals surface area contributed by atoms with Crippen LogP contribution in [0.25, 0.3) is 0 Å². The van der Waals surface area contributed by atoms with Gasteiger partial charge in [-0.3, -0.25) is 4.79 Å². The third-order valence-electron chi connectivity index (χ3n) is 13.9. The predicted octanol–water partition coefficient (Wildman–Crippen LogP) is 0.380. The number of rotatable bonds is 7. The summed E-state index contributed by atoms with van der Waals surface area (Å²) in [4.78, 5) is 24.2. The largest absolute Gasteiger partial charge is 0.458 e. The van der Waals surface area contributed by atoms with E-state index in [9.17, 15) is 45.3 Å². The van der Waals surface area contributed by atoms with Gasteiger partial charge in [0.1, 0.15) is 48.8 Å². The number of hydrogen-bond donors (Lipinski definition) is 7. The average molecular weight is 751 g/mol. The summed E-state index contributed by atoms with van der Waals surface area (Å²) in [6, 6.07) is 3.22. The zero-order chi connectivity index (χ0) is 38.2. The highest BCUT2D eigenvalue weighted by molar-refractivity contribution is 5.66. The molecule has 6 aliphatic rings. The number of ether oxygens (including phenoxy) is 5. The first-order chi connectivity index (χ1) is 25.0. The Morgan fingerprint density at radius 1 is 0.887 bits per heavy atom. The van der Waals surface area contributed by atoms with Crippen molar-refractivity contribution in [3.8, 4) is 0 Å². The number of carbonyl (C=O) groups is 1. The molecule has 3 heterocycles. The Morgan fingerprint density at radius 3 is 2.28 bits per heavy atom. The summed E-state index contributed by atoms with van der Waals surface area (Å²) in [5, 5.41) is 75.3. The van der Waals surface area contributed by atoms with Crippen molar-refractivity contribution >= 4 is 5.97 Å². The van der Waals surface area contributed by atoms with Crippen molar-refractivity contribution in [1.82, 2.24) is 0 Å². The van der Waals surface area contributed by atoms with Crippen LogP contribution in [-0.2, 0) is 28.5 Å². The molecule has 0 unspecified atom stereocenters. The van der Waals surface area contributed by atoms with Gasteiger partial charge in [-0.15, -0.1) is 0 Å². The Labute approximate surface area is 307 Å². The first-order valence-corrected chi connectivity index (χ1v) is 18.9. The van der Waals surface area contributed by atoms with E-state index in [1.807, 2.05) is 6.08 Å². The maximum atomic E-state index is 12.7. The predicted molar refractivity (Wildman–Crippen MR) is 182 cm³/mol. The van der Waals surface area contributed by atoms with Crippen LogP contribution in [0, 0.1) is 22.7 Å². The molecule has 5 fully saturated rings. The lowest BCUT2D eigenvalue weighted by atomic mass is 9.44. The second-order valence-electron chi connectivity index (χ2n) is 16.6. The lowest BCUT2D eigenvalue weighted by Crippen LogP contribution is -2.64. The molecular formula is C38H54O15. The molecule has 2 saturated heterocycles. The van der Waals surface area contributed by atoms with Gasteiger partial charge in [0.2, 0.25) is 0 Å². The van der Waals surface area contributed by atoms with Gasteiger partial charge in [0.25, 0.3) is 0 Å². The topological polar surface area (TPSA) is 235 Å². The van der Waals surface area contributed by atoms with E-state index in [0.29, 0.717) is 25.7 Å². The molecule has 18 atom stereocenters. The summed E-state index contributed by atoms with van der Waals surface area (Å²) in [5.41, 5.74) is -0.572. The van der Waals surface area contributed by atoms with Crippen molar-refractivity contribution in [3.05, 3.63) is 46.0 Å². The smallest absolute Gasteiger partial charge is 0.335 e. The van der Waals surface area contributed by atoms with Crippen LogP contribution in [0.3, 0.4) is 0 Å². The number of aliphatic hydroxyl groups excluding tert-OH is 6. The van der Waals surface area contributed by atoms with E-state index in [2.05, 4.69) is 13.8 Å². The average Bonchev–Trinajstić information content (AvgIpc) is 3.40. The quantitative estimate of drug-likeness (QED) is 0.147. The Hall–Kier alpha value is -2.28. The van der Waals surface area contributed by atoms with Crippen LogP contribution < -0.4 is 5.63 Å². The lowest BCUT2D eigenvalue weighted by molar-refractivity contribution is -0.357. The van der Waals surface area contributed by atoms with Crippen molar-refractivity contribution in [3.63, 3.8) is 0 Å². The minimum Gasteiger partial charge on any atom is -0.458 e. The fourth-order valence-electron chi connectivity index (χ4n) is 11.0. The van der Waals surface area contributed by atoms with Crippen LogP contribution >= 0.6 is 0 Å². The number of fused-ring (bicyclic) bond motifs is 5. The van der Waals surface area contributed by atoms with Gasteiger partial charge in [0, 0.05) is 18.4 Å². The van der Waals surface area contributed by atoms with E-state index in [-0.39, 0.29) is 17.8 Å². The summed E-state index contributed by atoms with van der Waals surface area (Å²) in [6.45, 7) is 6.60. The standard InChI is InChI=1S/C38H54O15/c1-17-33(53-35-31(45)29(43)28(42)26(15-39)52-35)30(44)32(46)34(49-17)51-20-7-10-36(3)22-8-11-37(4)21(19-5-6-27(41)48-16-19)9-12-38(37,47)23(22)14-25(24(36)13-20)50-18(2)40/h5-6,13,16-17,20-23,25-26,28-35,39,42-47H,7-12,14-15H2,1-4H3/t17-,20-,21+,22+,23-,25+,26-,28-,29+,30-,31-,32-,33-,34+,35+,36-,37-,38+/m0/s1. The second kappa shape index (κ2) is 14.3. The monoisotopic (exact) mass is 750 g/mol. The van der Waals surface area contributed by atoms with Gasteiger partial charge in [-0.2, -0.15) is 0 Å². The first-order valence-electron chi connectivity index (χ1n) is 18.9. The highest BCUT2D eigenvalue weighted by atomic mass is 16.7. The summed E-state index contributed by atoms with van der Waals surface area (Å²) < 4.78 is 34.7. The van der Waals surface area contributed by atoms with Crippen LogP contribution in [0.5, 0.6) is 0 Å². The zero-order valence-electron chi connectivity index (χ0n) is 30.5. The van der Waals surface area contributed by atoms with Gasteiger partial charge >= 0.3 is 11.6 Å². The molecule has 53 heavy (non-hydrogen) atoms. The summed E-state index contributed by atoms with van der Waals surface area (Å²) >= 11 is 0. The Balaban J connectivity index is 1.08. The molecule has 0 amide bonds. The molecule has 4 aliphatic carbocycles. The van der Waals surface area contributed by atoms with E-state index >= 15 is 0 Å². The third-order valence-corrected chi connectivity index (χ3v) is 13.9. The SMILES string of the molecule is CC(=O)O[C@@H]1C[C@H]2[C@@H](CC[C@@]3(C)[C@@H](c4ccc(=O)oc4)CC[C@@]23O)[C@]2(C)CC[C@H](O[C@H]3O[C@@H](C)[C@H](O[C@H]4O[C@@H](CO)[C@H](O)[C@@H](O)[C@@H]4O)[C@@H](O)[C@@H]3O)C=C12. The van der Waals surface area contributed by atoms with Crippen molar-refractivity contribution < 1.29 is 68.6 Å². The minimum absolute atomic E-state index is 0.000672. The Morgan fingerprint density at radius 2 is 1.60 bits per heavy atom. The molecule has 0 radical (unpaired) electrons. The maximum absolute atomic E-state index is 12.7. The van der Waals surface area contributed by atoms with Crippen LogP contribution in [-0.4, -0.2) is 128 Å². The molecule has 0 bridgehead atoms. The molecule has 15 heteroatoms. The van der Waals surface area contributed by atoms with Gasteiger partial charge in [-0.1, -0.05) is 19.9 Å². The molecule has 0 aromatic carbocycles. The molecule has 3 saturated carbocycles. The van der Waals surface area contributed by atoms with E-state index in [1.54, 1.807) is 13.0 Å². The van der Waals surface area contributed by atoms with Crippen molar-refractivity contribution in [2.75, 3.05) is 6.61 Å². The van der Waals surface area contributed by atoms with Crippen molar-refractivity contribution in [2.24, 2.45) is 22.7 Å². The molecule has 1 aromatic heterocycles. The summed E-state index contributed by atoms with van der Waals surface area (Å²) in [6.07, 6.45) is -7.53. The van der Waals surface area contributed by atoms with Crippen LogP contribution in [0.15, 0.2) is 39.3 Å². The first kappa shape index (κ1) is 39.0. The van der Waals surface area contributed by atoms with Gasteiger partial charge in [-0.05, 0) is 92.2 Å². The third kappa shape index (κ3) is 6.43. The highest BCUT2D eigenvalue weighted by Crippen LogP contribution is 2.70. The molecule has 296 valence electrons. The normalized spacial score (nSPS) is 49.6. The van der Waals surface area contributed by atoms with Crippen molar-refractivity contribution in [2.45, 2.75) is 158 Å². The molecule has 7 N–H and O–H groups in total. The number of esters is 1. The second-order valence-corrected chi connectivity index (χ2v) is 16.6. The fourth-order valence-corrected chi connectivity index (χ4v) is 11.0.